The van der Waals surface area contributed by atoms with Gasteiger partial charge in [0.25, 0.3) is 0 Å². The molecule has 0 aromatic heterocycles. The molecule has 0 aliphatic carbocycles. The standard InChI is InChI=1S/C11H13IO2/c1-14-11-6-3-9(4-7-11)2-5-10(13)8-12/h3-4,6-7H,2,5,8H2,1H3. The van der Waals surface area contributed by atoms with Crippen LogP contribution in [0.5, 0.6) is 5.75 Å². The third kappa shape index (κ3) is 3.65. The first kappa shape index (κ1) is 11.5. The zero-order valence-electron chi connectivity index (χ0n) is 8.13. The summed E-state index contributed by atoms with van der Waals surface area (Å²) in [6, 6.07) is 7.84. The van der Waals surface area contributed by atoms with Crippen molar-refractivity contribution in [2.24, 2.45) is 0 Å². The lowest BCUT2D eigenvalue weighted by Crippen LogP contribution is -2.00. The number of benzene rings is 1. The van der Waals surface area contributed by atoms with Crippen LogP contribution in [0.3, 0.4) is 0 Å². The molecule has 0 amide bonds. The topological polar surface area (TPSA) is 26.3 Å². The fourth-order valence-electron chi connectivity index (χ4n) is 1.14. The van der Waals surface area contributed by atoms with Crippen molar-refractivity contribution >= 4 is 28.4 Å². The van der Waals surface area contributed by atoms with E-state index in [1.807, 2.05) is 24.3 Å². The van der Waals surface area contributed by atoms with Crippen LogP contribution in [0.2, 0.25) is 0 Å². The smallest absolute Gasteiger partial charge is 0.142 e. The van der Waals surface area contributed by atoms with Crippen molar-refractivity contribution in [3.63, 3.8) is 0 Å². The van der Waals surface area contributed by atoms with E-state index in [4.69, 9.17) is 4.74 Å². The summed E-state index contributed by atoms with van der Waals surface area (Å²) >= 11 is 2.10. The van der Waals surface area contributed by atoms with E-state index in [1.54, 1.807) is 7.11 Å². The van der Waals surface area contributed by atoms with E-state index < -0.39 is 0 Å². The van der Waals surface area contributed by atoms with Crippen LogP contribution < -0.4 is 4.74 Å². The zero-order chi connectivity index (χ0) is 10.4. The number of ketones is 1. The number of carbonyl (C=O) groups excluding carboxylic acids is 1. The molecule has 14 heavy (non-hydrogen) atoms. The summed E-state index contributed by atoms with van der Waals surface area (Å²) in [7, 11) is 1.65. The second kappa shape index (κ2) is 6.01. The number of hydrogen-bond acceptors (Lipinski definition) is 2. The lowest BCUT2D eigenvalue weighted by Gasteiger charge is -2.02. The van der Waals surface area contributed by atoms with Gasteiger partial charge in [-0.2, -0.15) is 0 Å². The Bertz CT molecular complexity index is 293. The highest BCUT2D eigenvalue weighted by molar-refractivity contribution is 14.1. The molecule has 0 spiro atoms. The van der Waals surface area contributed by atoms with Gasteiger partial charge < -0.3 is 4.74 Å². The molecule has 2 nitrogen and oxygen atoms in total. The Morgan fingerprint density at radius 1 is 1.36 bits per heavy atom. The first-order chi connectivity index (χ1) is 6.76. The zero-order valence-corrected chi connectivity index (χ0v) is 10.3. The van der Waals surface area contributed by atoms with Gasteiger partial charge in [0.05, 0.1) is 11.5 Å². The van der Waals surface area contributed by atoms with Crippen LogP contribution >= 0.6 is 22.6 Å². The minimum absolute atomic E-state index is 0.307. The molecule has 0 radical (unpaired) electrons. The van der Waals surface area contributed by atoms with Crippen LogP contribution in [0, 0.1) is 0 Å². The predicted molar refractivity (Wildman–Crippen MR) is 65.2 cm³/mol. The number of methoxy groups -OCH3 is 1. The van der Waals surface area contributed by atoms with Crippen molar-refractivity contribution < 1.29 is 9.53 Å². The van der Waals surface area contributed by atoms with E-state index in [1.165, 1.54) is 5.56 Å². The number of Topliss-reactive ketones (excluding diaryl/α,β-unsaturated/α-hetero) is 1. The molecule has 0 heterocycles. The van der Waals surface area contributed by atoms with Gasteiger partial charge in [-0.3, -0.25) is 4.79 Å². The summed E-state index contributed by atoms with van der Waals surface area (Å²) in [6.45, 7) is 0. The van der Waals surface area contributed by atoms with Gasteiger partial charge in [0.2, 0.25) is 0 Å². The van der Waals surface area contributed by atoms with Crippen LogP contribution in [0.1, 0.15) is 12.0 Å². The minimum Gasteiger partial charge on any atom is -0.497 e. The number of aryl methyl sites for hydroxylation is 1. The quantitative estimate of drug-likeness (QED) is 0.617. The van der Waals surface area contributed by atoms with Gasteiger partial charge in [0.1, 0.15) is 11.5 Å². The Hall–Kier alpha value is -0.580. The number of halogens is 1. The highest BCUT2D eigenvalue weighted by Crippen LogP contribution is 2.12. The molecule has 0 fully saturated rings. The summed E-state index contributed by atoms with van der Waals surface area (Å²) < 4.78 is 5.65. The normalized spacial score (nSPS) is 9.86. The Balaban J connectivity index is 2.47. The SMILES string of the molecule is COc1ccc(CCC(=O)CI)cc1. The van der Waals surface area contributed by atoms with Gasteiger partial charge in [-0.15, -0.1) is 0 Å². The van der Waals surface area contributed by atoms with Crippen LogP contribution in [0.4, 0.5) is 0 Å². The predicted octanol–water partition coefficient (Wildman–Crippen LogP) is 2.63. The monoisotopic (exact) mass is 304 g/mol. The molecular formula is C11H13IO2. The maximum atomic E-state index is 11.1. The Labute approximate surface area is 97.8 Å². The molecular weight excluding hydrogens is 291 g/mol. The van der Waals surface area contributed by atoms with Crippen molar-refractivity contribution in [2.45, 2.75) is 12.8 Å². The molecule has 0 N–H and O–H groups in total. The number of carbonyl (C=O) groups is 1. The molecule has 0 bridgehead atoms. The van der Waals surface area contributed by atoms with Gasteiger partial charge in [0.15, 0.2) is 0 Å². The van der Waals surface area contributed by atoms with Gasteiger partial charge in [-0.1, -0.05) is 34.7 Å². The molecule has 1 aromatic rings. The van der Waals surface area contributed by atoms with E-state index in [-0.39, 0.29) is 0 Å². The Morgan fingerprint density at radius 3 is 2.50 bits per heavy atom. The Kier molecular flexibility index (Phi) is 4.93. The van der Waals surface area contributed by atoms with E-state index in [2.05, 4.69) is 22.6 Å². The van der Waals surface area contributed by atoms with Gasteiger partial charge in [-0.05, 0) is 24.1 Å². The maximum Gasteiger partial charge on any atom is 0.142 e. The molecule has 3 heteroatoms. The third-order valence-electron chi connectivity index (χ3n) is 2.00. The third-order valence-corrected chi connectivity index (χ3v) is 2.85. The molecule has 0 atom stereocenters. The van der Waals surface area contributed by atoms with Crippen molar-refractivity contribution in [1.29, 1.82) is 0 Å². The lowest BCUT2D eigenvalue weighted by molar-refractivity contribution is -0.116. The summed E-state index contributed by atoms with van der Waals surface area (Å²) in [5, 5.41) is 0. The van der Waals surface area contributed by atoms with E-state index in [9.17, 15) is 4.79 Å². The number of alkyl halides is 1. The second-order valence-corrected chi connectivity index (χ2v) is 3.78. The van der Waals surface area contributed by atoms with Crippen LogP contribution in [0.25, 0.3) is 0 Å². The fraction of sp³-hybridized carbons (Fsp3) is 0.364. The summed E-state index contributed by atoms with van der Waals surface area (Å²) in [4.78, 5) is 11.1. The molecule has 76 valence electrons. The maximum absolute atomic E-state index is 11.1. The second-order valence-electron chi connectivity index (χ2n) is 3.02. The van der Waals surface area contributed by atoms with Gasteiger partial charge in [-0.25, -0.2) is 0 Å². The number of ether oxygens (including phenoxy) is 1. The molecule has 0 unspecified atom stereocenters. The Morgan fingerprint density at radius 2 is 2.00 bits per heavy atom. The van der Waals surface area contributed by atoms with Gasteiger partial charge >= 0.3 is 0 Å². The summed E-state index contributed by atoms with van der Waals surface area (Å²) in [6.07, 6.45) is 1.46. The van der Waals surface area contributed by atoms with Gasteiger partial charge in [0, 0.05) is 6.42 Å². The average molecular weight is 304 g/mol. The first-order valence-electron chi connectivity index (χ1n) is 4.47. The summed E-state index contributed by atoms with van der Waals surface area (Å²) in [5.41, 5.74) is 1.18. The number of hydrogen-bond donors (Lipinski definition) is 0. The van der Waals surface area contributed by atoms with E-state index >= 15 is 0 Å². The summed E-state index contributed by atoms with van der Waals surface area (Å²) in [5.74, 6) is 1.16. The largest absolute Gasteiger partial charge is 0.497 e. The van der Waals surface area contributed by atoms with E-state index in [0.29, 0.717) is 16.6 Å². The molecule has 0 aliphatic heterocycles. The molecule has 0 aliphatic rings. The fourth-order valence-corrected chi connectivity index (χ4v) is 1.52. The van der Waals surface area contributed by atoms with Crippen molar-refractivity contribution in [1.82, 2.24) is 0 Å². The average Bonchev–Trinajstić information content (AvgIpc) is 2.26. The first-order valence-corrected chi connectivity index (χ1v) is 5.99. The van der Waals surface area contributed by atoms with Crippen molar-refractivity contribution in [3.8, 4) is 5.75 Å². The van der Waals surface area contributed by atoms with Crippen LogP contribution in [0.15, 0.2) is 24.3 Å². The highest BCUT2D eigenvalue weighted by Gasteiger charge is 2.00. The lowest BCUT2D eigenvalue weighted by atomic mass is 10.1. The number of rotatable bonds is 5. The highest BCUT2D eigenvalue weighted by atomic mass is 127. The van der Waals surface area contributed by atoms with Crippen LogP contribution in [-0.4, -0.2) is 17.3 Å². The molecule has 1 rings (SSSR count). The van der Waals surface area contributed by atoms with Crippen LogP contribution in [-0.2, 0) is 11.2 Å². The van der Waals surface area contributed by atoms with Crippen molar-refractivity contribution in [2.75, 3.05) is 11.5 Å². The van der Waals surface area contributed by atoms with E-state index in [0.717, 1.165) is 12.2 Å². The van der Waals surface area contributed by atoms with Crippen molar-refractivity contribution in [3.05, 3.63) is 29.8 Å². The molecule has 0 saturated carbocycles. The molecule has 1 aromatic carbocycles. The molecule has 0 saturated heterocycles. The minimum atomic E-state index is 0.307.